The third kappa shape index (κ3) is 2.76. The van der Waals surface area contributed by atoms with Gasteiger partial charge in [0.05, 0.1) is 18.1 Å². The van der Waals surface area contributed by atoms with Crippen LogP contribution in [0.25, 0.3) is 16.8 Å². The van der Waals surface area contributed by atoms with Crippen LogP contribution in [0.5, 0.6) is 0 Å². The number of rotatable bonds is 3. The Kier molecular flexibility index (Phi) is 3.53. The van der Waals surface area contributed by atoms with Gasteiger partial charge in [-0.1, -0.05) is 12.1 Å². The Bertz CT molecular complexity index is 1090. The second-order valence-electron chi connectivity index (χ2n) is 5.76. The largest absolute Gasteiger partial charge is 0.326 e. The van der Waals surface area contributed by atoms with E-state index in [1.54, 1.807) is 35.3 Å². The summed E-state index contributed by atoms with van der Waals surface area (Å²) in [7, 11) is 0. The first-order valence-corrected chi connectivity index (χ1v) is 7.81. The minimum absolute atomic E-state index is 0.0748. The molecular weight excluding hydrogens is 318 g/mol. The van der Waals surface area contributed by atoms with E-state index in [1.165, 1.54) is 6.92 Å². The molecule has 124 valence electrons. The molecular formula is C18H15N5O2. The number of nitrogens with one attached hydrogen (secondary N) is 1. The van der Waals surface area contributed by atoms with Gasteiger partial charge in [-0.05, 0) is 23.8 Å². The monoisotopic (exact) mass is 333 g/mol. The maximum Gasteiger partial charge on any atom is 0.236 e. The topological polar surface area (TPSA) is 81.3 Å². The first kappa shape index (κ1) is 15.1. The lowest BCUT2D eigenvalue weighted by atomic mass is 10.1. The molecule has 4 aromatic rings. The van der Waals surface area contributed by atoms with E-state index in [9.17, 15) is 9.59 Å². The summed E-state index contributed by atoms with van der Waals surface area (Å²) in [6, 6.07) is 9.08. The van der Waals surface area contributed by atoms with Crippen LogP contribution in [-0.2, 0) is 11.2 Å². The van der Waals surface area contributed by atoms with Gasteiger partial charge in [0.1, 0.15) is 0 Å². The van der Waals surface area contributed by atoms with Crippen molar-refractivity contribution < 1.29 is 9.59 Å². The second kappa shape index (κ2) is 5.86. The number of hydrogen-bond acceptors (Lipinski definition) is 4. The highest BCUT2D eigenvalue weighted by molar-refractivity contribution is 5.91. The summed E-state index contributed by atoms with van der Waals surface area (Å²) in [5.41, 5.74) is 3.75. The van der Waals surface area contributed by atoms with Crippen molar-refractivity contribution in [1.29, 1.82) is 0 Å². The molecule has 3 heterocycles. The van der Waals surface area contributed by atoms with Crippen molar-refractivity contribution in [3.05, 3.63) is 60.7 Å². The number of carbonyl (C=O) groups excluding carboxylic acids is 2. The van der Waals surface area contributed by atoms with Crippen molar-refractivity contribution in [3.63, 3.8) is 0 Å². The van der Waals surface area contributed by atoms with Crippen molar-refractivity contribution in [3.8, 4) is 0 Å². The molecule has 0 unspecified atom stereocenters. The molecule has 0 radical (unpaired) electrons. The van der Waals surface area contributed by atoms with Gasteiger partial charge in [0.25, 0.3) is 0 Å². The summed E-state index contributed by atoms with van der Waals surface area (Å²) in [6.45, 7) is 1.46. The fraction of sp³-hybridized carbons (Fsp3) is 0.111. The molecule has 1 aromatic carbocycles. The SMILES string of the molecule is CC(=O)Nc1ccc(CC(=O)n2ccc3c2ncc2nccn23)cc1. The average Bonchev–Trinajstić information content (AvgIpc) is 3.21. The number of aromatic nitrogens is 4. The van der Waals surface area contributed by atoms with Crippen LogP contribution in [0.15, 0.2) is 55.1 Å². The summed E-state index contributed by atoms with van der Waals surface area (Å²) in [5.74, 6) is -0.200. The molecule has 7 nitrogen and oxygen atoms in total. The smallest absolute Gasteiger partial charge is 0.236 e. The molecule has 7 heteroatoms. The predicted molar refractivity (Wildman–Crippen MR) is 93.6 cm³/mol. The van der Waals surface area contributed by atoms with Crippen LogP contribution in [0.3, 0.4) is 0 Å². The van der Waals surface area contributed by atoms with Gasteiger partial charge in [0.15, 0.2) is 11.3 Å². The first-order valence-electron chi connectivity index (χ1n) is 7.81. The highest BCUT2D eigenvalue weighted by Gasteiger charge is 2.13. The quantitative estimate of drug-likeness (QED) is 0.625. The molecule has 0 atom stereocenters. The number of anilines is 1. The van der Waals surface area contributed by atoms with E-state index < -0.39 is 0 Å². The van der Waals surface area contributed by atoms with Gasteiger partial charge < -0.3 is 5.32 Å². The van der Waals surface area contributed by atoms with Crippen molar-refractivity contribution in [1.82, 2.24) is 18.9 Å². The molecule has 4 rings (SSSR count). The summed E-state index contributed by atoms with van der Waals surface area (Å²) >= 11 is 0. The van der Waals surface area contributed by atoms with E-state index in [4.69, 9.17) is 0 Å². The lowest BCUT2D eigenvalue weighted by Crippen LogP contribution is -2.13. The fourth-order valence-corrected chi connectivity index (χ4v) is 2.83. The molecule has 0 aliphatic heterocycles. The van der Waals surface area contributed by atoms with E-state index >= 15 is 0 Å². The molecule has 0 spiro atoms. The van der Waals surface area contributed by atoms with Crippen LogP contribution in [0.1, 0.15) is 17.3 Å². The van der Waals surface area contributed by atoms with Crippen molar-refractivity contribution >= 4 is 34.3 Å². The van der Waals surface area contributed by atoms with Crippen LogP contribution < -0.4 is 5.32 Å². The Morgan fingerprint density at radius 3 is 2.64 bits per heavy atom. The highest BCUT2D eigenvalue weighted by Crippen LogP contribution is 2.17. The molecule has 0 saturated carbocycles. The molecule has 1 N–H and O–H groups in total. The normalized spacial score (nSPS) is 11.1. The minimum Gasteiger partial charge on any atom is -0.326 e. The zero-order valence-corrected chi connectivity index (χ0v) is 13.5. The van der Waals surface area contributed by atoms with Crippen LogP contribution in [0, 0.1) is 0 Å². The minimum atomic E-state index is -0.125. The van der Waals surface area contributed by atoms with E-state index in [-0.39, 0.29) is 18.2 Å². The predicted octanol–water partition coefficient (Wildman–Crippen LogP) is 2.53. The molecule has 0 aliphatic rings. The standard InChI is InChI=1S/C18H15N5O2/c1-12(24)21-14-4-2-13(3-5-14)10-17(25)23-8-6-15-18(23)20-11-16-19-7-9-22(15)16/h2-9,11H,10H2,1H3,(H,21,24). The van der Waals surface area contributed by atoms with Gasteiger partial charge in [-0.3, -0.25) is 18.6 Å². The van der Waals surface area contributed by atoms with Crippen molar-refractivity contribution in [2.24, 2.45) is 0 Å². The maximum absolute atomic E-state index is 12.7. The van der Waals surface area contributed by atoms with Crippen LogP contribution in [0.2, 0.25) is 0 Å². The molecule has 0 saturated heterocycles. The van der Waals surface area contributed by atoms with E-state index in [1.807, 2.05) is 28.8 Å². The number of benzene rings is 1. The maximum atomic E-state index is 12.7. The summed E-state index contributed by atoms with van der Waals surface area (Å²) < 4.78 is 3.45. The molecule has 0 aliphatic carbocycles. The third-order valence-corrected chi connectivity index (χ3v) is 3.97. The second-order valence-corrected chi connectivity index (χ2v) is 5.76. The first-order chi connectivity index (χ1) is 12.1. The Labute approximate surface area is 142 Å². The van der Waals surface area contributed by atoms with Gasteiger partial charge in [0, 0.05) is 31.2 Å². The summed E-state index contributed by atoms with van der Waals surface area (Å²) in [6.07, 6.45) is 7.16. The molecule has 3 aromatic heterocycles. The Hall–Kier alpha value is -3.48. The average molecular weight is 333 g/mol. The number of imidazole rings is 1. The molecule has 0 bridgehead atoms. The fourth-order valence-electron chi connectivity index (χ4n) is 2.83. The Morgan fingerprint density at radius 2 is 1.88 bits per heavy atom. The third-order valence-electron chi connectivity index (χ3n) is 3.97. The molecule has 0 fully saturated rings. The zero-order chi connectivity index (χ0) is 17.4. The lowest BCUT2D eigenvalue weighted by molar-refractivity contribution is -0.114. The highest BCUT2D eigenvalue weighted by atomic mass is 16.2. The van der Waals surface area contributed by atoms with Crippen LogP contribution in [0.4, 0.5) is 5.69 Å². The number of nitrogens with zero attached hydrogens (tertiary/aromatic N) is 4. The van der Waals surface area contributed by atoms with Gasteiger partial charge in [-0.15, -0.1) is 0 Å². The molecule has 25 heavy (non-hydrogen) atoms. The Morgan fingerprint density at radius 1 is 1.08 bits per heavy atom. The van der Waals surface area contributed by atoms with E-state index in [0.29, 0.717) is 11.3 Å². The van der Waals surface area contributed by atoms with E-state index in [2.05, 4.69) is 15.3 Å². The van der Waals surface area contributed by atoms with Crippen LogP contribution >= 0.6 is 0 Å². The zero-order valence-electron chi connectivity index (χ0n) is 13.5. The summed E-state index contributed by atoms with van der Waals surface area (Å²) in [5, 5.41) is 2.70. The number of carbonyl (C=O) groups is 2. The summed E-state index contributed by atoms with van der Waals surface area (Å²) in [4.78, 5) is 32.3. The van der Waals surface area contributed by atoms with Gasteiger partial charge in [0.2, 0.25) is 11.8 Å². The Balaban J connectivity index is 1.60. The van der Waals surface area contributed by atoms with Crippen molar-refractivity contribution in [2.75, 3.05) is 5.32 Å². The number of hydrogen-bond donors (Lipinski definition) is 1. The van der Waals surface area contributed by atoms with Gasteiger partial charge >= 0.3 is 0 Å². The van der Waals surface area contributed by atoms with Crippen molar-refractivity contribution in [2.45, 2.75) is 13.3 Å². The number of amides is 1. The number of fused-ring (bicyclic) bond motifs is 3. The van der Waals surface area contributed by atoms with Gasteiger partial charge in [-0.25, -0.2) is 9.97 Å². The lowest BCUT2D eigenvalue weighted by Gasteiger charge is -2.06. The van der Waals surface area contributed by atoms with E-state index in [0.717, 1.165) is 16.7 Å². The van der Waals surface area contributed by atoms with Gasteiger partial charge in [-0.2, -0.15) is 0 Å². The molecule has 1 amide bonds. The van der Waals surface area contributed by atoms with Crippen LogP contribution in [-0.4, -0.2) is 30.8 Å².